The Morgan fingerprint density at radius 3 is 2.61 bits per heavy atom. The molecule has 2 N–H and O–H groups in total. The third kappa shape index (κ3) is 6.57. The number of thiocarbonyl (C=S) groups is 1. The zero-order chi connectivity index (χ0) is 13.2. The van der Waals surface area contributed by atoms with Crippen molar-refractivity contribution in [2.24, 2.45) is 5.73 Å². The number of hydrogen-bond donors (Lipinski definition) is 1. The molecule has 0 aliphatic rings. The molecule has 3 nitrogen and oxygen atoms in total. The molecular formula is C14H22N2OS. The van der Waals surface area contributed by atoms with E-state index in [4.69, 9.17) is 22.7 Å². The lowest BCUT2D eigenvalue weighted by molar-refractivity contribution is 0.253. The molecule has 0 aromatic heterocycles. The Labute approximate surface area is 115 Å². The maximum Gasteiger partial charge on any atom is 0.119 e. The molecule has 0 amide bonds. The largest absolute Gasteiger partial charge is 0.494 e. The number of hydrogen-bond acceptors (Lipinski definition) is 3. The molecule has 0 fully saturated rings. The van der Waals surface area contributed by atoms with Crippen LogP contribution in [0.3, 0.4) is 0 Å². The van der Waals surface area contributed by atoms with Gasteiger partial charge in [0.25, 0.3) is 0 Å². The summed E-state index contributed by atoms with van der Waals surface area (Å²) in [4.78, 5) is 2.84. The van der Waals surface area contributed by atoms with Gasteiger partial charge in [0.15, 0.2) is 0 Å². The standard InChI is InChI=1S/C14H22N2OS/c1-2-9-16(12-14(15)18)10-6-11-17-13-7-4-3-5-8-13/h3-5,7-8H,2,6,9-12H2,1H3,(H2,15,18). The van der Waals surface area contributed by atoms with Gasteiger partial charge in [-0.1, -0.05) is 37.3 Å². The van der Waals surface area contributed by atoms with Gasteiger partial charge in [0.2, 0.25) is 0 Å². The average molecular weight is 266 g/mol. The molecule has 0 unspecified atom stereocenters. The molecule has 1 aromatic carbocycles. The van der Waals surface area contributed by atoms with Crippen molar-refractivity contribution in [3.05, 3.63) is 30.3 Å². The molecule has 18 heavy (non-hydrogen) atoms. The Balaban J connectivity index is 2.20. The van der Waals surface area contributed by atoms with Gasteiger partial charge in [-0.15, -0.1) is 0 Å². The summed E-state index contributed by atoms with van der Waals surface area (Å²) in [6.07, 6.45) is 2.10. The van der Waals surface area contributed by atoms with Gasteiger partial charge in [-0.3, -0.25) is 4.90 Å². The van der Waals surface area contributed by atoms with E-state index in [0.717, 1.165) is 38.3 Å². The predicted octanol–water partition coefficient (Wildman–Crippen LogP) is 2.45. The summed E-state index contributed by atoms with van der Waals surface area (Å²) in [6, 6.07) is 9.88. The van der Waals surface area contributed by atoms with Crippen molar-refractivity contribution in [3.63, 3.8) is 0 Å². The monoisotopic (exact) mass is 266 g/mol. The van der Waals surface area contributed by atoms with Crippen molar-refractivity contribution in [1.29, 1.82) is 0 Å². The van der Waals surface area contributed by atoms with Crippen LogP contribution in [-0.2, 0) is 0 Å². The first-order valence-corrected chi connectivity index (χ1v) is 6.81. The number of para-hydroxylation sites is 1. The normalized spacial score (nSPS) is 10.6. The summed E-state index contributed by atoms with van der Waals surface area (Å²) < 4.78 is 5.65. The van der Waals surface area contributed by atoms with Crippen LogP contribution in [0.4, 0.5) is 0 Å². The van der Waals surface area contributed by atoms with Crippen LogP contribution >= 0.6 is 12.2 Å². The Morgan fingerprint density at radius 2 is 2.00 bits per heavy atom. The molecule has 1 aromatic rings. The minimum atomic E-state index is 0.562. The van der Waals surface area contributed by atoms with Crippen molar-refractivity contribution < 1.29 is 4.74 Å². The first-order valence-electron chi connectivity index (χ1n) is 6.41. The summed E-state index contributed by atoms with van der Waals surface area (Å²) in [6.45, 7) is 5.59. The van der Waals surface area contributed by atoms with Crippen molar-refractivity contribution in [2.45, 2.75) is 19.8 Å². The Hall–Kier alpha value is -1.13. The van der Waals surface area contributed by atoms with Crippen LogP contribution in [0.15, 0.2) is 30.3 Å². The fraction of sp³-hybridized carbons (Fsp3) is 0.500. The van der Waals surface area contributed by atoms with Gasteiger partial charge >= 0.3 is 0 Å². The van der Waals surface area contributed by atoms with E-state index < -0.39 is 0 Å². The second-order valence-electron chi connectivity index (χ2n) is 4.26. The molecule has 0 spiro atoms. The number of benzene rings is 1. The van der Waals surface area contributed by atoms with Crippen LogP contribution in [0, 0.1) is 0 Å². The lowest BCUT2D eigenvalue weighted by Crippen LogP contribution is -2.34. The van der Waals surface area contributed by atoms with E-state index in [1.165, 1.54) is 0 Å². The van der Waals surface area contributed by atoms with Crippen LogP contribution in [0.1, 0.15) is 19.8 Å². The van der Waals surface area contributed by atoms with E-state index in [1.807, 2.05) is 30.3 Å². The molecule has 100 valence electrons. The van der Waals surface area contributed by atoms with E-state index in [1.54, 1.807) is 0 Å². The molecule has 0 saturated heterocycles. The molecule has 1 rings (SSSR count). The molecule has 0 aliphatic heterocycles. The second-order valence-corrected chi connectivity index (χ2v) is 4.78. The van der Waals surface area contributed by atoms with Crippen molar-refractivity contribution in [1.82, 2.24) is 4.90 Å². The van der Waals surface area contributed by atoms with E-state index >= 15 is 0 Å². The molecule has 0 radical (unpaired) electrons. The third-order valence-corrected chi connectivity index (χ3v) is 2.68. The summed E-state index contributed by atoms with van der Waals surface area (Å²) in [5, 5.41) is 0. The van der Waals surface area contributed by atoms with Crippen LogP contribution in [0.25, 0.3) is 0 Å². The van der Waals surface area contributed by atoms with Crippen LogP contribution in [0.2, 0.25) is 0 Å². The fourth-order valence-electron chi connectivity index (χ4n) is 1.80. The van der Waals surface area contributed by atoms with Crippen LogP contribution in [0.5, 0.6) is 5.75 Å². The molecule has 0 saturated carbocycles. The maximum absolute atomic E-state index is 5.65. The minimum absolute atomic E-state index is 0.562. The van der Waals surface area contributed by atoms with Gasteiger partial charge in [-0.2, -0.15) is 0 Å². The van der Waals surface area contributed by atoms with E-state index in [0.29, 0.717) is 11.5 Å². The highest BCUT2D eigenvalue weighted by atomic mass is 32.1. The SMILES string of the molecule is CCCN(CCCOc1ccccc1)CC(N)=S. The Bertz CT molecular complexity index is 343. The summed E-state index contributed by atoms with van der Waals surface area (Å²) in [5.41, 5.74) is 5.58. The second kappa shape index (κ2) is 8.89. The summed E-state index contributed by atoms with van der Waals surface area (Å²) >= 11 is 4.95. The van der Waals surface area contributed by atoms with E-state index in [-0.39, 0.29) is 0 Å². The Kier molecular flexibility index (Phi) is 7.37. The summed E-state index contributed by atoms with van der Waals surface area (Å²) in [5.74, 6) is 0.925. The zero-order valence-electron chi connectivity index (χ0n) is 11.0. The highest BCUT2D eigenvalue weighted by Gasteiger charge is 2.04. The predicted molar refractivity (Wildman–Crippen MR) is 80.1 cm³/mol. The molecule has 4 heteroatoms. The van der Waals surface area contributed by atoms with Gasteiger partial charge in [0, 0.05) is 13.1 Å². The number of nitrogens with two attached hydrogens (primary N) is 1. The summed E-state index contributed by atoms with van der Waals surface area (Å²) in [7, 11) is 0. The number of ether oxygens (including phenoxy) is 1. The van der Waals surface area contributed by atoms with Crippen molar-refractivity contribution >= 4 is 17.2 Å². The zero-order valence-corrected chi connectivity index (χ0v) is 11.8. The van der Waals surface area contributed by atoms with Gasteiger partial charge in [-0.05, 0) is 31.5 Å². The van der Waals surface area contributed by atoms with Crippen molar-refractivity contribution in [3.8, 4) is 5.75 Å². The lowest BCUT2D eigenvalue weighted by Gasteiger charge is -2.20. The highest BCUT2D eigenvalue weighted by molar-refractivity contribution is 7.80. The van der Waals surface area contributed by atoms with Crippen LogP contribution < -0.4 is 10.5 Å². The average Bonchev–Trinajstić information content (AvgIpc) is 2.35. The van der Waals surface area contributed by atoms with Gasteiger partial charge in [0.05, 0.1) is 11.6 Å². The molecular weight excluding hydrogens is 244 g/mol. The molecule has 0 bridgehead atoms. The maximum atomic E-state index is 5.65. The van der Waals surface area contributed by atoms with Gasteiger partial charge < -0.3 is 10.5 Å². The Morgan fingerprint density at radius 1 is 1.28 bits per heavy atom. The highest BCUT2D eigenvalue weighted by Crippen LogP contribution is 2.08. The molecule has 0 atom stereocenters. The smallest absolute Gasteiger partial charge is 0.119 e. The number of nitrogens with zero attached hydrogens (tertiary/aromatic N) is 1. The van der Waals surface area contributed by atoms with Gasteiger partial charge in [-0.25, -0.2) is 0 Å². The third-order valence-electron chi connectivity index (χ3n) is 2.55. The van der Waals surface area contributed by atoms with E-state index in [9.17, 15) is 0 Å². The van der Waals surface area contributed by atoms with Gasteiger partial charge in [0.1, 0.15) is 5.75 Å². The first kappa shape index (κ1) is 14.9. The number of rotatable bonds is 9. The lowest BCUT2D eigenvalue weighted by atomic mass is 10.3. The first-order chi connectivity index (χ1) is 8.72. The topological polar surface area (TPSA) is 38.5 Å². The molecule has 0 heterocycles. The minimum Gasteiger partial charge on any atom is -0.494 e. The van der Waals surface area contributed by atoms with Crippen molar-refractivity contribution in [2.75, 3.05) is 26.2 Å². The quantitative estimate of drug-likeness (QED) is 0.550. The molecule has 0 aliphatic carbocycles. The fourth-order valence-corrected chi connectivity index (χ4v) is 1.98. The van der Waals surface area contributed by atoms with E-state index in [2.05, 4.69) is 11.8 Å². The van der Waals surface area contributed by atoms with Crippen LogP contribution in [-0.4, -0.2) is 36.1 Å².